The summed E-state index contributed by atoms with van der Waals surface area (Å²) in [6.45, 7) is 0.388. The molecule has 1 aliphatic carbocycles. The highest BCUT2D eigenvalue weighted by molar-refractivity contribution is 6.31. The number of halogens is 1. The van der Waals surface area contributed by atoms with Crippen LogP contribution in [0, 0.1) is 0 Å². The third kappa shape index (κ3) is 2.26. The second kappa shape index (κ2) is 4.49. The van der Waals surface area contributed by atoms with Gasteiger partial charge < -0.3 is 14.9 Å². The van der Waals surface area contributed by atoms with Gasteiger partial charge in [0, 0.05) is 24.6 Å². The number of aromatic amines is 1. The average Bonchev–Trinajstić information content (AvgIpc) is 2.92. The van der Waals surface area contributed by atoms with Gasteiger partial charge in [0.05, 0.1) is 11.6 Å². The lowest BCUT2D eigenvalue weighted by molar-refractivity contribution is 0.0940. The standard InChI is InChI=1S/C12H13ClN4O/c13-8-5-10(17(7-8)9-1-2-9)12(18)16-6-11-14-3-4-15-11/h3-5,7,9H,1-2,6H2,(H,14,15)(H,16,18). The Morgan fingerprint density at radius 2 is 2.44 bits per heavy atom. The van der Waals surface area contributed by atoms with Crippen molar-refractivity contribution in [1.29, 1.82) is 0 Å². The molecule has 1 saturated carbocycles. The summed E-state index contributed by atoms with van der Waals surface area (Å²) >= 11 is 5.96. The number of amides is 1. The van der Waals surface area contributed by atoms with Crippen LogP contribution >= 0.6 is 11.6 Å². The maximum atomic E-state index is 12.1. The molecule has 0 aromatic carbocycles. The average molecular weight is 265 g/mol. The van der Waals surface area contributed by atoms with Crippen molar-refractivity contribution in [3.8, 4) is 0 Å². The molecule has 0 aliphatic heterocycles. The van der Waals surface area contributed by atoms with E-state index >= 15 is 0 Å². The van der Waals surface area contributed by atoms with Gasteiger partial charge in [-0.3, -0.25) is 4.79 Å². The number of imidazole rings is 1. The number of nitrogens with zero attached hydrogens (tertiary/aromatic N) is 2. The van der Waals surface area contributed by atoms with Crippen molar-refractivity contribution in [3.05, 3.63) is 41.2 Å². The van der Waals surface area contributed by atoms with Crippen molar-refractivity contribution in [1.82, 2.24) is 19.9 Å². The fourth-order valence-corrected chi connectivity index (χ4v) is 2.14. The summed E-state index contributed by atoms with van der Waals surface area (Å²) in [5, 5.41) is 3.43. The number of H-pyrrole nitrogens is 1. The zero-order chi connectivity index (χ0) is 12.5. The van der Waals surface area contributed by atoms with E-state index < -0.39 is 0 Å². The van der Waals surface area contributed by atoms with E-state index in [0.717, 1.165) is 18.7 Å². The van der Waals surface area contributed by atoms with Crippen molar-refractivity contribution in [3.63, 3.8) is 0 Å². The lowest BCUT2D eigenvalue weighted by atomic mass is 10.4. The third-order valence-electron chi connectivity index (χ3n) is 2.96. The zero-order valence-corrected chi connectivity index (χ0v) is 10.4. The Kier molecular flexibility index (Phi) is 2.83. The molecular formula is C12H13ClN4O. The molecular weight excluding hydrogens is 252 g/mol. The first-order valence-electron chi connectivity index (χ1n) is 5.88. The third-order valence-corrected chi connectivity index (χ3v) is 3.17. The maximum absolute atomic E-state index is 12.1. The summed E-state index contributed by atoms with van der Waals surface area (Å²) in [7, 11) is 0. The van der Waals surface area contributed by atoms with E-state index in [1.54, 1.807) is 18.5 Å². The van der Waals surface area contributed by atoms with Crippen molar-refractivity contribution < 1.29 is 4.79 Å². The molecule has 1 fully saturated rings. The van der Waals surface area contributed by atoms with Crippen molar-refractivity contribution in [2.45, 2.75) is 25.4 Å². The number of aromatic nitrogens is 3. The van der Waals surface area contributed by atoms with Crippen LogP contribution in [0.3, 0.4) is 0 Å². The number of carbonyl (C=O) groups excluding carboxylic acids is 1. The van der Waals surface area contributed by atoms with Gasteiger partial charge in [-0.2, -0.15) is 0 Å². The number of hydrogen-bond donors (Lipinski definition) is 2. The lowest BCUT2D eigenvalue weighted by Gasteiger charge is -2.07. The van der Waals surface area contributed by atoms with Crippen molar-refractivity contribution in [2.24, 2.45) is 0 Å². The summed E-state index contributed by atoms with van der Waals surface area (Å²) < 4.78 is 1.96. The van der Waals surface area contributed by atoms with E-state index in [1.165, 1.54) is 0 Å². The highest BCUT2D eigenvalue weighted by atomic mass is 35.5. The van der Waals surface area contributed by atoms with E-state index in [1.807, 2.05) is 10.8 Å². The van der Waals surface area contributed by atoms with Crippen LogP contribution in [0.15, 0.2) is 24.7 Å². The Morgan fingerprint density at radius 3 is 3.11 bits per heavy atom. The summed E-state index contributed by atoms with van der Waals surface area (Å²) in [6.07, 6.45) is 7.43. The van der Waals surface area contributed by atoms with Gasteiger partial charge in [0.2, 0.25) is 0 Å². The molecule has 2 heterocycles. The van der Waals surface area contributed by atoms with E-state index in [2.05, 4.69) is 15.3 Å². The van der Waals surface area contributed by atoms with Crippen LogP contribution in [-0.4, -0.2) is 20.4 Å². The number of carbonyl (C=O) groups is 1. The van der Waals surface area contributed by atoms with Crippen LogP contribution in [0.1, 0.15) is 35.2 Å². The molecule has 3 rings (SSSR count). The maximum Gasteiger partial charge on any atom is 0.268 e. The minimum atomic E-state index is -0.120. The minimum absolute atomic E-state index is 0.120. The van der Waals surface area contributed by atoms with Crippen LogP contribution in [0.4, 0.5) is 0 Å². The first-order valence-corrected chi connectivity index (χ1v) is 6.25. The van der Waals surface area contributed by atoms with Gasteiger partial charge in [-0.15, -0.1) is 0 Å². The van der Waals surface area contributed by atoms with Crippen LogP contribution in [0.2, 0.25) is 5.02 Å². The van der Waals surface area contributed by atoms with Gasteiger partial charge >= 0.3 is 0 Å². The van der Waals surface area contributed by atoms with Gasteiger partial charge in [0.15, 0.2) is 0 Å². The fraction of sp³-hybridized carbons (Fsp3) is 0.333. The second-order valence-corrected chi connectivity index (χ2v) is 4.84. The SMILES string of the molecule is O=C(NCc1ncc[nH]1)c1cc(Cl)cn1C1CC1. The van der Waals surface area contributed by atoms with Gasteiger partial charge in [-0.1, -0.05) is 11.6 Å². The van der Waals surface area contributed by atoms with Gasteiger partial charge in [0.25, 0.3) is 5.91 Å². The smallest absolute Gasteiger partial charge is 0.268 e. The van der Waals surface area contributed by atoms with E-state index in [9.17, 15) is 4.79 Å². The highest BCUT2D eigenvalue weighted by Crippen LogP contribution is 2.37. The van der Waals surface area contributed by atoms with Crippen LogP contribution in [0.5, 0.6) is 0 Å². The van der Waals surface area contributed by atoms with E-state index in [0.29, 0.717) is 23.3 Å². The largest absolute Gasteiger partial charge is 0.347 e. The van der Waals surface area contributed by atoms with Crippen molar-refractivity contribution in [2.75, 3.05) is 0 Å². The summed E-state index contributed by atoms with van der Waals surface area (Å²) in [6, 6.07) is 2.14. The molecule has 1 aliphatic rings. The van der Waals surface area contributed by atoms with E-state index in [-0.39, 0.29) is 5.91 Å². The van der Waals surface area contributed by atoms with Crippen LogP contribution in [-0.2, 0) is 6.54 Å². The summed E-state index contributed by atoms with van der Waals surface area (Å²) in [4.78, 5) is 19.1. The molecule has 94 valence electrons. The molecule has 0 bridgehead atoms. The predicted octanol–water partition coefficient (Wildman–Crippen LogP) is 2.13. The Labute approximate surface area is 109 Å². The molecule has 2 aromatic heterocycles. The number of rotatable bonds is 4. The van der Waals surface area contributed by atoms with Gasteiger partial charge in [-0.25, -0.2) is 4.98 Å². The van der Waals surface area contributed by atoms with Gasteiger partial charge in [-0.05, 0) is 18.9 Å². The van der Waals surface area contributed by atoms with Crippen molar-refractivity contribution >= 4 is 17.5 Å². The van der Waals surface area contributed by atoms with Gasteiger partial charge in [0.1, 0.15) is 11.5 Å². The molecule has 0 radical (unpaired) electrons. The zero-order valence-electron chi connectivity index (χ0n) is 9.69. The molecule has 0 unspecified atom stereocenters. The molecule has 1 amide bonds. The first kappa shape index (κ1) is 11.3. The summed E-state index contributed by atoms with van der Waals surface area (Å²) in [5.41, 5.74) is 0.619. The molecule has 6 heteroatoms. The Balaban J connectivity index is 1.71. The topological polar surface area (TPSA) is 62.7 Å². The van der Waals surface area contributed by atoms with Crippen LogP contribution < -0.4 is 5.32 Å². The number of hydrogen-bond acceptors (Lipinski definition) is 2. The minimum Gasteiger partial charge on any atom is -0.347 e. The van der Waals surface area contributed by atoms with E-state index in [4.69, 9.17) is 11.6 Å². The number of nitrogens with one attached hydrogen (secondary N) is 2. The summed E-state index contributed by atoms with van der Waals surface area (Å²) in [5.74, 6) is 0.615. The Bertz CT molecular complexity index is 557. The van der Waals surface area contributed by atoms with Crippen LogP contribution in [0.25, 0.3) is 0 Å². The second-order valence-electron chi connectivity index (χ2n) is 4.40. The Hall–Kier alpha value is -1.75. The first-order chi connectivity index (χ1) is 8.74. The quantitative estimate of drug-likeness (QED) is 0.889. The lowest BCUT2D eigenvalue weighted by Crippen LogP contribution is -2.25. The Morgan fingerprint density at radius 1 is 1.61 bits per heavy atom. The molecule has 0 atom stereocenters. The fourth-order valence-electron chi connectivity index (χ4n) is 1.93. The normalized spacial score (nSPS) is 14.7. The predicted molar refractivity (Wildman–Crippen MR) is 67.5 cm³/mol. The monoisotopic (exact) mass is 264 g/mol. The molecule has 5 nitrogen and oxygen atoms in total. The highest BCUT2D eigenvalue weighted by Gasteiger charge is 2.27. The molecule has 2 N–H and O–H groups in total. The molecule has 0 saturated heterocycles. The molecule has 18 heavy (non-hydrogen) atoms. The molecule has 0 spiro atoms. The molecule has 2 aromatic rings.